The summed E-state index contributed by atoms with van der Waals surface area (Å²) in [5.41, 5.74) is 6.98. The fraction of sp³-hybridized carbons (Fsp3) is 0.0769. The molecule has 8 heteroatoms. The van der Waals surface area contributed by atoms with Crippen LogP contribution < -0.4 is 10.5 Å². The summed E-state index contributed by atoms with van der Waals surface area (Å²) in [5.74, 6) is 0. The van der Waals surface area contributed by atoms with Crippen molar-refractivity contribution in [2.24, 2.45) is 0 Å². The van der Waals surface area contributed by atoms with Gasteiger partial charge < -0.3 is 5.73 Å². The Balaban J connectivity index is 2.51. The molecule has 3 N–H and O–H groups in total. The number of rotatable bonds is 3. The molecule has 0 atom stereocenters. The number of nitrogen functional groups attached to an aromatic ring is 1. The van der Waals surface area contributed by atoms with Crippen molar-refractivity contribution in [1.82, 2.24) is 0 Å². The van der Waals surface area contributed by atoms with Gasteiger partial charge >= 0.3 is 0 Å². The quantitative estimate of drug-likeness (QED) is 0.668. The molecule has 4 nitrogen and oxygen atoms in total. The van der Waals surface area contributed by atoms with Gasteiger partial charge in [0.25, 0.3) is 10.0 Å². The summed E-state index contributed by atoms with van der Waals surface area (Å²) in [6, 6.07) is 8.09. The van der Waals surface area contributed by atoms with Crippen LogP contribution in [-0.2, 0) is 10.0 Å². The fourth-order valence-electron chi connectivity index (χ4n) is 1.73. The summed E-state index contributed by atoms with van der Waals surface area (Å²) in [6.45, 7) is 1.64. The van der Waals surface area contributed by atoms with E-state index in [2.05, 4.69) is 36.6 Å². The molecule has 0 saturated heterocycles. The van der Waals surface area contributed by atoms with Crippen LogP contribution >= 0.6 is 43.5 Å². The molecule has 0 spiro atoms. The van der Waals surface area contributed by atoms with Crippen LogP contribution in [0.1, 0.15) is 5.56 Å². The Labute approximate surface area is 145 Å². The Kier molecular flexibility index (Phi) is 4.87. The number of anilines is 2. The Morgan fingerprint density at radius 1 is 1.19 bits per heavy atom. The zero-order valence-corrected chi connectivity index (χ0v) is 15.6. The smallest absolute Gasteiger partial charge is 0.262 e. The SMILES string of the molecule is Cc1c(N)cc(Cl)cc1S(=O)(=O)Nc1cc(Br)ccc1Br. The second kappa shape index (κ2) is 6.16. The van der Waals surface area contributed by atoms with Crippen LogP contribution in [0.15, 0.2) is 44.2 Å². The second-order valence-corrected chi connectivity index (χ2v) is 8.21. The molecule has 0 aliphatic carbocycles. The minimum Gasteiger partial charge on any atom is -0.398 e. The molecule has 0 aliphatic rings. The highest BCUT2D eigenvalue weighted by Gasteiger charge is 2.20. The molecule has 112 valence electrons. The zero-order valence-electron chi connectivity index (χ0n) is 10.8. The van der Waals surface area contributed by atoms with Crippen molar-refractivity contribution < 1.29 is 8.42 Å². The lowest BCUT2D eigenvalue weighted by Gasteiger charge is -2.13. The Morgan fingerprint density at radius 2 is 1.86 bits per heavy atom. The summed E-state index contributed by atoms with van der Waals surface area (Å²) in [6.07, 6.45) is 0. The van der Waals surface area contributed by atoms with E-state index in [1.165, 1.54) is 12.1 Å². The van der Waals surface area contributed by atoms with Crippen molar-refractivity contribution in [1.29, 1.82) is 0 Å². The van der Waals surface area contributed by atoms with Gasteiger partial charge in [-0.25, -0.2) is 8.42 Å². The molecule has 0 aromatic heterocycles. The highest BCUT2D eigenvalue weighted by Crippen LogP contribution is 2.31. The minimum atomic E-state index is -3.79. The number of hydrogen-bond donors (Lipinski definition) is 2. The molecule has 0 unspecified atom stereocenters. The first-order valence-corrected chi connectivity index (χ1v) is 9.19. The third kappa shape index (κ3) is 3.71. The Morgan fingerprint density at radius 3 is 2.52 bits per heavy atom. The molecule has 0 fully saturated rings. The van der Waals surface area contributed by atoms with E-state index in [0.717, 1.165) is 4.47 Å². The molecule has 2 aromatic carbocycles. The number of halogens is 3. The van der Waals surface area contributed by atoms with Gasteiger partial charge in [0.2, 0.25) is 0 Å². The Hall–Kier alpha value is -0.760. The topological polar surface area (TPSA) is 72.2 Å². The average Bonchev–Trinajstić information content (AvgIpc) is 2.37. The lowest BCUT2D eigenvalue weighted by atomic mass is 10.2. The second-order valence-electron chi connectivity index (χ2n) is 4.35. The van der Waals surface area contributed by atoms with Crippen LogP contribution in [0.25, 0.3) is 0 Å². The van der Waals surface area contributed by atoms with Gasteiger partial charge in [0.15, 0.2) is 0 Å². The first-order valence-electron chi connectivity index (χ1n) is 5.74. The fourth-order valence-corrected chi connectivity index (χ4v) is 4.23. The van der Waals surface area contributed by atoms with Crippen molar-refractivity contribution in [3.05, 3.63) is 49.9 Å². The van der Waals surface area contributed by atoms with Crippen molar-refractivity contribution >= 4 is 64.9 Å². The summed E-state index contributed by atoms with van der Waals surface area (Å²) < 4.78 is 29.0. The first kappa shape index (κ1) is 16.6. The zero-order chi connectivity index (χ0) is 15.8. The molecule has 0 aliphatic heterocycles. The van der Waals surface area contributed by atoms with Crippen LogP contribution in [0, 0.1) is 6.92 Å². The maximum Gasteiger partial charge on any atom is 0.262 e. The predicted molar refractivity (Wildman–Crippen MR) is 93.3 cm³/mol. The monoisotopic (exact) mass is 452 g/mol. The van der Waals surface area contributed by atoms with E-state index in [9.17, 15) is 8.42 Å². The van der Waals surface area contributed by atoms with Gasteiger partial charge in [-0.2, -0.15) is 0 Å². The number of benzene rings is 2. The van der Waals surface area contributed by atoms with E-state index in [-0.39, 0.29) is 9.92 Å². The largest absolute Gasteiger partial charge is 0.398 e. The van der Waals surface area contributed by atoms with E-state index < -0.39 is 10.0 Å². The highest BCUT2D eigenvalue weighted by atomic mass is 79.9. The minimum absolute atomic E-state index is 0.0550. The first-order chi connectivity index (χ1) is 9.70. The summed E-state index contributed by atoms with van der Waals surface area (Å²) in [7, 11) is -3.79. The lowest BCUT2D eigenvalue weighted by molar-refractivity contribution is 0.600. The molecule has 0 radical (unpaired) electrons. The van der Waals surface area contributed by atoms with Crippen molar-refractivity contribution in [2.45, 2.75) is 11.8 Å². The molecule has 2 rings (SSSR count). The standard InChI is InChI=1S/C13H11Br2ClN2O2S/c1-7-11(17)5-9(16)6-13(7)21(19,20)18-12-4-8(14)2-3-10(12)15/h2-6,18H,17H2,1H3. The molecule has 0 amide bonds. The third-order valence-corrected chi connectivity index (χ3v) is 5.72. The maximum absolute atomic E-state index is 12.5. The van der Waals surface area contributed by atoms with Gasteiger partial charge in [-0.05, 0) is 58.7 Å². The van der Waals surface area contributed by atoms with Crippen molar-refractivity contribution in [3.8, 4) is 0 Å². The lowest BCUT2D eigenvalue weighted by Crippen LogP contribution is -2.15. The van der Waals surface area contributed by atoms with E-state index in [0.29, 0.717) is 21.4 Å². The molecule has 0 heterocycles. The van der Waals surface area contributed by atoms with Crippen LogP contribution in [0.2, 0.25) is 5.02 Å². The summed E-state index contributed by atoms with van der Waals surface area (Å²) >= 11 is 12.5. The number of hydrogen-bond acceptors (Lipinski definition) is 3. The highest BCUT2D eigenvalue weighted by molar-refractivity contribution is 9.11. The summed E-state index contributed by atoms with van der Waals surface area (Å²) in [5, 5.41) is 0.270. The molecule has 21 heavy (non-hydrogen) atoms. The molecule has 0 bridgehead atoms. The maximum atomic E-state index is 12.5. The van der Waals surface area contributed by atoms with Crippen molar-refractivity contribution in [3.63, 3.8) is 0 Å². The molecule has 0 saturated carbocycles. The van der Waals surface area contributed by atoms with Gasteiger partial charge in [0.1, 0.15) is 0 Å². The van der Waals surface area contributed by atoms with E-state index in [4.69, 9.17) is 17.3 Å². The molecular weight excluding hydrogens is 443 g/mol. The van der Waals surface area contributed by atoms with Gasteiger partial charge in [0.05, 0.1) is 10.6 Å². The van der Waals surface area contributed by atoms with Crippen LogP contribution in [0.3, 0.4) is 0 Å². The Bertz CT molecular complexity index is 810. The van der Waals surface area contributed by atoms with Gasteiger partial charge in [0, 0.05) is 19.7 Å². The van der Waals surface area contributed by atoms with Crippen LogP contribution in [-0.4, -0.2) is 8.42 Å². The number of nitrogens with two attached hydrogens (primary N) is 1. The van der Waals surface area contributed by atoms with E-state index >= 15 is 0 Å². The van der Waals surface area contributed by atoms with E-state index in [1.807, 2.05) is 0 Å². The molecule has 2 aromatic rings. The third-order valence-electron chi connectivity index (χ3n) is 2.83. The van der Waals surface area contributed by atoms with Crippen molar-refractivity contribution in [2.75, 3.05) is 10.5 Å². The predicted octanol–water partition coefficient (Wildman–Crippen LogP) is 4.56. The van der Waals surface area contributed by atoms with E-state index in [1.54, 1.807) is 25.1 Å². The summed E-state index contributed by atoms with van der Waals surface area (Å²) in [4.78, 5) is 0.0550. The van der Waals surface area contributed by atoms with Crippen LogP contribution in [0.4, 0.5) is 11.4 Å². The van der Waals surface area contributed by atoms with Crippen LogP contribution in [0.5, 0.6) is 0 Å². The average molecular weight is 455 g/mol. The number of nitrogens with one attached hydrogen (secondary N) is 1. The van der Waals surface area contributed by atoms with Gasteiger partial charge in [-0.15, -0.1) is 0 Å². The van der Waals surface area contributed by atoms with Gasteiger partial charge in [-0.1, -0.05) is 27.5 Å². The normalized spacial score (nSPS) is 11.4. The van der Waals surface area contributed by atoms with Gasteiger partial charge in [-0.3, -0.25) is 4.72 Å². The number of sulfonamides is 1. The molecular formula is C13H11Br2ClN2O2S.